The monoisotopic (exact) mass is 354 g/mol. The van der Waals surface area contributed by atoms with Crippen LogP contribution in [0.25, 0.3) is 0 Å². The topological polar surface area (TPSA) is 84.3 Å². The Balaban J connectivity index is 1.68. The highest BCUT2D eigenvalue weighted by atomic mass is 32.2. The summed E-state index contributed by atoms with van der Waals surface area (Å²) in [6.45, 7) is 2.82. The van der Waals surface area contributed by atoms with E-state index >= 15 is 0 Å². The number of aromatic nitrogens is 2. The van der Waals surface area contributed by atoms with Crippen LogP contribution in [0.3, 0.4) is 0 Å². The Bertz CT molecular complexity index is 696. The van der Waals surface area contributed by atoms with Crippen LogP contribution in [0.15, 0.2) is 12.4 Å². The smallest absolute Gasteiger partial charge is 0.223 e. The Morgan fingerprint density at radius 2 is 2.12 bits per heavy atom. The molecule has 2 fully saturated rings. The Labute approximate surface area is 143 Å². The zero-order valence-corrected chi connectivity index (χ0v) is 15.1. The molecule has 1 aliphatic heterocycles. The molecule has 7 nitrogen and oxygen atoms in total. The number of nitrogens with one attached hydrogen (secondary N) is 1. The van der Waals surface area contributed by atoms with Gasteiger partial charge in [-0.1, -0.05) is 12.8 Å². The number of nitrogens with zero attached hydrogens (tertiary/aromatic N) is 3. The minimum atomic E-state index is -3.28. The highest BCUT2D eigenvalue weighted by molar-refractivity contribution is 7.89. The van der Waals surface area contributed by atoms with E-state index in [1.807, 2.05) is 24.7 Å². The molecule has 1 amide bonds. The summed E-state index contributed by atoms with van der Waals surface area (Å²) in [6, 6.07) is -0.173. The molecule has 1 saturated carbocycles. The fourth-order valence-corrected chi connectivity index (χ4v) is 4.72. The van der Waals surface area contributed by atoms with Gasteiger partial charge in [-0.25, -0.2) is 18.1 Å². The first-order chi connectivity index (χ1) is 11.4. The number of imidazole rings is 1. The minimum absolute atomic E-state index is 0.0627. The van der Waals surface area contributed by atoms with Crippen LogP contribution < -0.4 is 4.72 Å². The molecule has 0 spiro atoms. The number of likely N-dealkylation sites (tertiary alicyclic amines) is 1. The number of carbonyl (C=O) groups is 1. The summed E-state index contributed by atoms with van der Waals surface area (Å²) >= 11 is 0. The van der Waals surface area contributed by atoms with Crippen molar-refractivity contribution in [1.29, 1.82) is 0 Å². The van der Waals surface area contributed by atoms with Crippen LogP contribution in [0, 0.1) is 11.8 Å². The Hall–Kier alpha value is -1.41. The van der Waals surface area contributed by atoms with Crippen LogP contribution in [0.4, 0.5) is 0 Å². The van der Waals surface area contributed by atoms with Gasteiger partial charge in [-0.2, -0.15) is 0 Å². The molecule has 2 atom stereocenters. The molecule has 2 heterocycles. The molecule has 1 aliphatic carbocycles. The van der Waals surface area contributed by atoms with Crippen LogP contribution in [0.1, 0.15) is 44.5 Å². The second-order valence-corrected chi connectivity index (χ2v) is 8.81. The van der Waals surface area contributed by atoms with Crippen LogP contribution in [-0.2, 0) is 21.9 Å². The second-order valence-electron chi connectivity index (χ2n) is 6.88. The molecular weight excluding hydrogens is 328 g/mol. The first kappa shape index (κ1) is 17.4. The molecule has 0 bridgehead atoms. The van der Waals surface area contributed by atoms with E-state index in [4.69, 9.17) is 0 Å². The van der Waals surface area contributed by atoms with Gasteiger partial charge < -0.3 is 9.47 Å². The minimum Gasteiger partial charge on any atom is -0.336 e. The molecule has 1 aromatic heterocycles. The first-order valence-electron chi connectivity index (χ1n) is 8.65. The zero-order valence-electron chi connectivity index (χ0n) is 14.3. The van der Waals surface area contributed by atoms with Gasteiger partial charge in [0.25, 0.3) is 0 Å². The third-order valence-electron chi connectivity index (χ3n) is 5.06. The Kier molecular flexibility index (Phi) is 4.96. The molecule has 1 saturated heterocycles. The van der Waals surface area contributed by atoms with Crippen molar-refractivity contribution in [2.75, 3.05) is 18.8 Å². The molecule has 0 unspecified atom stereocenters. The SMILES string of the molecule is CCN1C(=O)C[C@@H](CNS(=O)(=O)CCC2CC2)[C@@H]1c1nccn1C. The van der Waals surface area contributed by atoms with Crippen molar-refractivity contribution in [1.82, 2.24) is 19.2 Å². The van der Waals surface area contributed by atoms with Crippen molar-refractivity contribution < 1.29 is 13.2 Å². The predicted molar refractivity (Wildman–Crippen MR) is 90.6 cm³/mol. The number of amides is 1. The molecule has 1 N–H and O–H groups in total. The summed E-state index contributed by atoms with van der Waals surface area (Å²) in [6.07, 6.45) is 6.96. The molecule has 134 valence electrons. The third kappa shape index (κ3) is 3.80. The predicted octanol–water partition coefficient (Wildman–Crippen LogP) is 1.05. The first-order valence-corrected chi connectivity index (χ1v) is 10.3. The zero-order chi connectivity index (χ0) is 17.3. The van der Waals surface area contributed by atoms with Crippen LogP contribution in [-0.4, -0.2) is 47.6 Å². The number of aryl methyl sites for hydroxylation is 1. The van der Waals surface area contributed by atoms with Gasteiger partial charge in [0.1, 0.15) is 5.82 Å². The normalized spacial score (nSPS) is 24.8. The molecule has 0 aromatic carbocycles. The standard InChI is InChI=1S/C16H26N4O3S/c1-3-20-14(21)10-13(15(20)16-17-7-8-19(16)2)11-18-24(22,23)9-6-12-4-5-12/h7-8,12-13,15,18H,3-6,9-11H2,1-2H3/t13-,15+/m0/s1. The molecule has 8 heteroatoms. The molecule has 2 aliphatic rings. The fraction of sp³-hybridized carbons (Fsp3) is 0.750. The Morgan fingerprint density at radius 1 is 1.38 bits per heavy atom. The maximum Gasteiger partial charge on any atom is 0.223 e. The summed E-state index contributed by atoms with van der Waals surface area (Å²) in [5, 5.41) is 0. The van der Waals surface area contributed by atoms with E-state index in [9.17, 15) is 13.2 Å². The van der Waals surface area contributed by atoms with E-state index in [1.165, 1.54) is 0 Å². The van der Waals surface area contributed by atoms with E-state index in [1.54, 1.807) is 11.1 Å². The maximum atomic E-state index is 12.3. The summed E-state index contributed by atoms with van der Waals surface area (Å²) in [4.78, 5) is 18.5. The van der Waals surface area contributed by atoms with Crippen LogP contribution in [0.2, 0.25) is 0 Å². The van der Waals surface area contributed by atoms with Crippen molar-refractivity contribution in [2.24, 2.45) is 18.9 Å². The quantitative estimate of drug-likeness (QED) is 0.756. The van der Waals surface area contributed by atoms with E-state index in [0.29, 0.717) is 18.9 Å². The number of rotatable bonds is 8. The van der Waals surface area contributed by atoms with Gasteiger partial charge in [0.2, 0.25) is 15.9 Å². The fourth-order valence-electron chi connectivity index (χ4n) is 3.47. The average molecular weight is 354 g/mol. The van der Waals surface area contributed by atoms with Crippen molar-refractivity contribution in [2.45, 2.75) is 38.6 Å². The number of carbonyl (C=O) groups excluding carboxylic acids is 1. The summed E-state index contributed by atoms with van der Waals surface area (Å²) in [7, 11) is -1.38. The molecule has 0 radical (unpaired) electrons. The van der Waals surface area contributed by atoms with E-state index in [2.05, 4.69) is 9.71 Å². The van der Waals surface area contributed by atoms with Crippen molar-refractivity contribution in [3.8, 4) is 0 Å². The van der Waals surface area contributed by atoms with Gasteiger partial charge in [-0.15, -0.1) is 0 Å². The number of hydrogen-bond donors (Lipinski definition) is 1. The van der Waals surface area contributed by atoms with Crippen LogP contribution in [0.5, 0.6) is 0 Å². The second kappa shape index (κ2) is 6.84. The summed E-state index contributed by atoms with van der Waals surface area (Å²) < 4.78 is 29.0. The largest absolute Gasteiger partial charge is 0.336 e. The Morgan fingerprint density at radius 3 is 2.71 bits per heavy atom. The van der Waals surface area contributed by atoms with Crippen molar-refractivity contribution >= 4 is 15.9 Å². The molecule has 24 heavy (non-hydrogen) atoms. The van der Waals surface area contributed by atoms with E-state index < -0.39 is 10.0 Å². The summed E-state index contributed by atoms with van der Waals surface area (Å²) in [5.41, 5.74) is 0. The molecule has 1 aromatic rings. The van der Waals surface area contributed by atoms with Gasteiger partial charge >= 0.3 is 0 Å². The van der Waals surface area contributed by atoms with E-state index in [0.717, 1.165) is 25.1 Å². The highest BCUT2D eigenvalue weighted by Crippen LogP contribution is 2.37. The molecular formula is C16H26N4O3S. The third-order valence-corrected chi connectivity index (χ3v) is 6.44. The maximum absolute atomic E-state index is 12.3. The lowest BCUT2D eigenvalue weighted by Gasteiger charge is -2.27. The lowest BCUT2D eigenvalue weighted by molar-refractivity contribution is -0.128. The van der Waals surface area contributed by atoms with Crippen LogP contribution >= 0.6 is 0 Å². The lowest BCUT2D eigenvalue weighted by atomic mass is 10.00. The number of sulfonamides is 1. The van der Waals surface area contributed by atoms with Gasteiger partial charge in [0, 0.05) is 44.9 Å². The summed E-state index contributed by atoms with van der Waals surface area (Å²) in [5.74, 6) is 1.56. The van der Waals surface area contributed by atoms with Crippen molar-refractivity contribution in [3.63, 3.8) is 0 Å². The number of hydrogen-bond acceptors (Lipinski definition) is 4. The highest BCUT2D eigenvalue weighted by Gasteiger charge is 2.42. The van der Waals surface area contributed by atoms with Gasteiger partial charge in [0.15, 0.2) is 0 Å². The van der Waals surface area contributed by atoms with Crippen molar-refractivity contribution in [3.05, 3.63) is 18.2 Å². The van der Waals surface area contributed by atoms with Gasteiger partial charge in [-0.05, 0) is 19.3 Å². The lowest BCUT2D eigenvalue weighted by Crippen LogP contribution is -2.35. The van der Waals surface area contributed by atoms with Gasteiger partial charge in [0.05, 0.1) is 11.8 Å². The average Bonchev–Trinajstić information content (AvgIpc) is 3.20. The van der Waals surface area contributed by atoms with Gasteiger partial charge in [-0.3, -0.25) is 4.79 Å². The molecule has 3 rings (SSSR count). The van der Waals surface area contributed by atoms with E-state index in [-0.39, 0.29) is 30.2 Å².